The van der Waals surface area contributed by atoms with Crippen molar-refractivity contribution < 1.29 is 53.7 Å². The van der Waals surface area contributed by atoms with Gasteiger partial charge in [-0.15, -0.1) is 0 Å². The van der Waals surface area contributed by atoms with Gasteiger partial charge < -0.3 is 69.4 Å². The number of nitrogens with one attached hydrogen (secondary N) is 7. The van der Waals surface area contributed by atoms with E-state index in [-0.39, 0.29) is 63.2 Å². The highest BCUT2D eigenvalue weighted by Gasteiger charge is 2.34. The van der Waals surface area contributed by atoms with Crippen LogP contribution in [0.3, 0.4) is 0 Å². The fourth-order valence-corrected chi connectivity index (χ4v) is 7.75. The van der Waals surface area contributed by atoms with Gasteiger partial charge in [-0.25, -0.2) is 9.78 Å². The van der Waals surface area contributed by atoms with Gasteiger partial charge in [-0.3, -0.25) is 38.6 Å². The summed E-state index contributed by atoms with van der Waals surface area (Å²) in [6, 6.07) is 5.05. The summed E-state index contributed by atoms with van der Waals surface area (Å²) >= 11 is 2.80. The number of thioether (sulfide) groups is 2. The van der Waals surface area contributed by atoms with Gasteiger partial charge in [-0.2, -0.15) is 23.5 Å². The summed E-state index contributed by atoms with van der Waals surface area (Å²) in [5.41, 5.74) is 18.8. The topological polar surface area (TPSA) is 389 Å². The maximum atomic E-state index is 14.4. The predicted molar refractivity (Wildman–Crippen MR) is 264 cm³/mol. The van der Waals surface area contributed by atoms with Crippen molar-refractivity contribution in [3.05, 3.63) is 83.9 Å². The molecule has 0 spiro atoms. The van der Waals surface area contributed by atoms with Gasteiger partial charge in [0.15, 0.2) is 5.96 Å². The van der Waals surface area contributed by atoms with Crippen molar-refractivity contribution in [3.8, 4) is 5.75 Å². The second kappa shape index (κ2) is 30.6. The van der Waals surface area contributed by atoms with E-state index in [0.717, 1.165) is 0 Å². The zero-order valence-corrected chi connectivity index (χ0v) is 40.6. The fraction of sp³-hybridized carbons (Fsp3) is 0.467. The zero-order valence-electron chi connectivity index (χ0n) is 38.9. The molecule has 70 heavy (non-hydrogen) atoms. The number of hydrogen-bond donors (Lipinski definition) is 13. The Morgan fingerprint density at radius 2 is 1.10 bits per heavy atom. The highest BCUT2D eigenvalue weighted by atomic mass is 32.2. The number of aromatic hydroxyl groups is 1. The van der Waals surface area contributed by atoms with Gasteiger partial charge >= 0.3 is 11.9 Å². The molecule has 0 bridgehead atoms. The van der Waals surface area contributed by atoms with Crippen molar-refractivity contribution in [3.63, 3.8) is 0 Å². The van der Waals surface area contributed by atoms with Gasteiger partial charge in [-0.1, -0.05) is 42.5 Å². The number of hydrogen-bond acceptors (Lipinski definition) is 14. The molecule has 0 saturated heterocycles. The minimum Gasteiger partial charge on any atom is -0.508 e. The van der Waals surface area contributed by atoms with Crippen molar-refractivity contribution >= 4 is 76.9 Å². The Balaban J connectivity index is 1.93. The predicted octanol–water partition coefficient (Wildman–Crippen LogP) is -1.11. The van der Waals surface area contributed by atoms with E-state index >= 15 is 0 Å². The highest BCUT2D eigenvalue weighted by Crippen LogP contribution is 2.14. The number of carbonyl (C=O) groups excluding carboxylic acids is 6. The molecular formula is C45H64N12O11S2. The SMILES string of the molecule is CSCC[C@H](NC(=O)[C@H](CCCN=C(N)N)NC(=O)[C@H](CCSC)NC(=O)[C@@H](N)Cc1cnc[nH]1)C(=O)N[C@@H](Cc1ccc(O)cc1)C(=O)N[C@@H](Cc1ccccc1)C(=O)N[C@@H](CCC(=O)O)C(=O)O. The maximum absolute atomic E-state index is 14.4. The molecule has 16 N–H and O–H groups in total. The Hall–Kier alpha value is -6.86. The molecule has 7 atom stereocenters. The van der Waals surface area contributed by atoms with E-state index in [2.05, 4.69) is 46.9 Å². The molecule has 1 aromatic heterocycles. The van der Waals surface area contributed by atoms with E-state index in [4.69, 9.17) is 22.3 Å². The Morgan fingerprint density at radius 1 is 0.629 bits per heavy atom. The number of aliphatic carboxylic acids is 2. The molecule has 25 heteroatoms. The number of phenolic OH excluding ortho intramolecular Hbond substituents is 1. The lowest BCUT2D eigenvalue weighted by Gasteiger charge is -2.28. The Labute approximate surface area is 413 Å². The Morgan fingerprint density at radius 3 is 1.57 bits per heavy atom. The molecule has 3 rings (SSSR count). The third kappa shape index (κ3) is 21.2. The highest BCUT2D eigenvalue weighted by molar-refractivity contribution is 7.98. The van der Waals surface area contributed by atoms with Gasteiger partial charge in [0.1, 0.15) is 42.0 Å². The molecule has 0 fully saturated rings. The Kier molecular flexibility index (Phi) is 25.1. The van der Waals surface area contributed by atoms with Gasteiger partial charge in [0, 0.05) is 44.1 Å². The fourth-order valence-electron chi connectivity index (χ4n) is 6.81. The number of nitrogens with zero attached hydrogens (tertiary/aromatic N) is 2. The van der Waals surface area contributed by atoms with E-state index in [0.29, 0.717) is 28.3 Å². The van der Waals surface area contributed by atoms with Gasteiger partial charge in [0.25, 0.3) is 0 Å². The number of guanidine groups is 1. The van der Waals surface area contributed by atoms with Gasteiger partial charge in [0.05, 0.1) is 12.4 Å². The maximum Gasteiger partial charge on any atom is 0.326 e. The summed E-state index contributed by atoms with van der Waals surface area (Å²) in [6.07, 6.45) is 5.78. The van der Waals surface area contributed by atoms with Crippen LogP contribution in [0.4, 0.5) is 0 Å². The molecule has 0 unspecified atom stereocenters. The van der Waals surface area contributed by atoms with Crippen LogP contribution in [0, 0.1) is 0 Å². The van der Waals surface area contributed by atoms with Crippen LogP contribution in [0.25, 0.3) is 0 Å². The number of benzene rings is 2. The van der Waals surface area contributed by atoms with E-state index < -0.39 is 103 Å². The molecule has 23 nitrogen and oxygen atoms in total. The third-order valence-electron chi connectivity index (χ3n) is 10.6. The molecule has 6 amide bonds. The van der Waals surface area contributed by atoms with Gasteiger partial charge in [-0.05, 0) is 79.4 Å². The molecule has 382 valence electrons. The number of carbonyl (C=O) groups is 8. The zero-order chi connectivity index (χ0) is 51.6. The van der Waals surface area contributed by atoms with E-state index in [1.807, 2.05) is 6.26 Å². The first-order valence-corrected chi connectivity index (χ1v) is 25.0. The lowest BCUT2D eigenvalue weighted by Crippen LogP contribution is -2.60. The molecule has 1 heterocycles. The summed E-state index contributed by atoms with van der Waals surface area (Å²) in [5, 5.41) is 44.7. The van der Waals surface area contributed by atoms with Crippen LogP contribution < -0.4 is 49.1 Å². The van der Waals surface area contributed by atoms with E-state index in [1.165, 1.54) is 60.3 Å². The quantitative estimate of drug-likeness (QED) is 0.0200. The first kappa shape index (κ1) is 57.5. The summed E-state index contributed by atoms with van der Waals surface area (Å²) in [4.78, 5) is 118. The average Bonchev–Trinajstić information content (AvgIpc) is 3.84. The summed E-state index contributed by atoms with van der Waals surface area (Å²) in [7, 11) is 0. The monoisotopic (exact) mass is 1010 g/mol. The number of aromatic amines is 1. The Bertz CT molecular complexity index is 2200. The number of H-pyrrole nitrogens is 1. The van der Waals surface area contributed by atoms with Crippen LogP contribution in [0.1, 0.15) is 55.3 Å². The van der Waals surface area contributed by atoms with Crippen molar-refractivity contribution in [2.75, 3.05) is 30.6 Å². The molecule has 0 aliphatic carbocycles. The second-order valence-electron chi connectivity index (χ2n) is 16.1. The lowest BCUT2D eigenvalue weighted by molar-refractivity contribution is -0.143. The van der Waals surface area contributed by atoms with Crippen LogP contribution >= 0.6 is 23.5 Å². The summed E-state index contributed by atoms with van der Waals surface area (Å²) in [5.74, 6) is -6.94. The molecule has 2 aromatic carbocycles. The number of aliphatic imine (C=N–C) groups is 1. The number of carboxylic acids is 2. The van der Waals surface area contributed by atoms with Crippen molar-refractivity contribution in [2.24, 2.45) is 22.2 Å². The van der Waals surface area contributed by atoms with E-state index in [1.54, 1.807) is 36.6 Å². The minimum absolute atomic E-state index is 0.0104. The number of rotatable bonds is 32. The number of aromatic nitrogens is 2. The van der Waals surface area contributed by atoms with Gasteiger partial charge in [0.2, 0.25) is 35.4 Å². The molecule has 0 aliphatic heterocycles. The second-order valence-corrected chi connectivity index (χ2v) is 18.1. The molecule has 0 radical (unpaired) electrons. The molecule has 0 saturated carbocycles. The first-order valence-electron chi connectivity index (χ1n) is 22.2. The normalized spacial score (nSPS) is 13.9. The first-order chi connectivity index (χ1) is 33.4. The largest absolute Gasteiger partial charge is 0.508 e. The standard InChI is InChI=1S/C45H64N12O11S2/c1-69-19-16-32(52-38(61)30(46)23-28-24-49-25-51-28)40(63)53-31(9-6-18-50-45(47)48)39(62)54-33(17-20-70-2)41(64)56-36(22-27-10-12-29(58)13-11-27)43(66)57-35(21-26-7-4-3-5-8-26)42(65)55-34(44(67)68)14-15-37(59)60/h3-5,7-8,10-13,24-25,30-36,58H,6,9,14-23,46H2,1-2H3,(H,49,51)(H,52,61)(H,53,63)(H,54,62)(H,55,65)(H,56,64)(H,57,66)(H,59,60)(H,67,68)(H4,47,48,50)/t30-,31-,32-,33-,34-,35-,36-/m0/s1. The number of imidazole rings is 1. The summed E-state index contributed by atoms with van der Waals surface area (Å²) in [6.45, 7) is 0.0874. The lowest BCUT2D eigenvalue weighted by atomic mass is 10.0. The molecule has 0 aliphatic rings. The van der Waals surface area contributed by atoms with Crippen LogP contribution in [0.2, 0.25) is 0 Å². The van der Waals surface area contributed by atoms with Crippen LogP contribution in [-0.4, -0.2) is 151 Å². The van der Waals surface area contributed by atoms with Crippen molar-refractivity contribution in [1.82, 2.24) is 41.9 Å². The molecule has 3 aromatic rings. The van der Waals surface area contributed by atoms with Crippen LogP contribution in [-0.2, 0) is 57.6 Å². The van der Waals surface area contributed by atoms with E-state index in [9.17, 15) is 48.6 Å². The van der Waals surface area contributed by atoms with Crippen LogP contribution in [0.5, 0.6) is 5.75 Å². The number of nitrogens with two attached hydrogens (primary N) is 3. The average molecular weight is 1010 g/mol. The minimum atomic E-state index is -1.61. The number of carboxylic acid groups (broad SMARTS) is 2. The summed E-state index contributed by atoms with van der Waals surface area (Å²) < 4.78 is 0. The van der Waals surface area contributed by atoms with Crippen molar-refractivity contribution in [2.45, 2.75) is 100 Å². The van der Waals surface area contributed by atoms with Crippen LogP contribution in [0.15, 0.2) is 72.1 Å². The molecular weight excluding hydrogens is 949 g/mol. The van der Waals surface area contributed by atoms with Crippen molar-refractivity contribution in [1.29, 1.82) is 0 Å². The smallest absolute Gasteiger partial charge is 0.326 e. The third-order valence-corrected chi connectivity index (χ3v) is 11.9. The number of phenols is 1. The number of amides is 6.